The Balaban J connectivity index is 1.53. The zero-order chi connectivity index (χ0) is 20.8. The van der Waals surface area contributed by atoms with Gasteiger partial charge in [0.25, 0.3) is 0 Å². The zero-order valence-electron chi connectivity index (χ0n) is 16.8. The predicted octanol–water partition coefficient (Wildman–Crippen LogP) is 6.12. The molecule has 4 heteroatoms. The molecule has 0 spiro atoms. The molecule has 0 aliphatic heterocycles. The van der Waals surface area contributed by atoms with Crippen LogP contribution in [-0.4, -0.2) is 11.9 Å². The van der Waals surface area contributed by atoms with Gasteiger partial charge in [-0.05, 0) is 35.6 Å². The number of hydrogen-bond donors (Lipinski definition) is 2. The highest BCUT2D eigenvalue weighted by Gasteiger charge is 2.22. The van der Waals surface area contributed by atoms with Crippen molar-refractivity contribution in [2.24, 2.45) is 0 Å². The highest BCUT2D eigenvalue weighted by Crippen LogP contribution is 2.29. The monoisotopic (exact) mass is 412 g/mol. The Morgan fingerprint density at radius 2 is 1.47 bits per heavy atom. The topological polar surface area (TPSA) is 41.1 Å². The number of carbonyl (C=O) groups is 1. The number of amides is 1. The molecule has 0 saturated heterocycles. The smallest absolute Gasteiger partial charge is 0.241 e. The fourth-order valence-electron chi connectivity index (χ4n) is 3.47. The second kappa shape index (κ2) is 9.53. The van der Waals surface area contributed by atoms with Crippen LogP contribution in [-0.2, 0) is 4.79 Å². The summed E-state index contributed by atoms with van der Waals surface area (Å²) in [5.41, 5.74) is 4.05. The fourth-order valence-corrected chi connectivity index (χ4v) is 4.28. The van der Waals surface area contributed by atoms with Gasteiger partial charge in [-0.2, -0.15) is 0 Å². The van der Waals surface area contributed by atoms with E-state index in [-0.39, 0.29) is 18.0 Å². The van der Waals surface area contributed by atoms with E-state index in [1.165, 1.54) is 4.88 Å². The number of hydrogen-bond acceptors (Lipinski definition) is 3. The minimum Gasteiger partial charge on any atom is -0.324 e. The van der Waals surface area contributed by atoms with Crippen molar-refractivity contribution in [1.29, 1.82) is 0 Å². The van der Waals surface area contributed by atoms with Crippen LogP contribution in [0.3, 0.4) is 0 Å². The maximum absolute atomic E-state index is 13.1. The molecule has 0 radical (unpaired) electrons. The third kappa shape index (κ3) is 4.67. The lowest BCUT2D eigenvalue weighted by atomic mass is 10.0. The molecule has 0 fully saturated rings. The number of carbonyl (C=O) groups excluding carboxylic acids is 1. The van der Waals surface area contributed by atoms with Crippen molar-refractivity contribution >= 4 is 22.9 Å². The van der Waals surface area contributed by atoms with Crippen LogP contribution in [0.2, 0.25) is 0 Å². The van der Waals surface area contributed by atoms with E-state index >= 15 is 0 Å². The zero-order valence-corrected chi connectivity index (χ0v) is 17.6. The molecule has 4 rings (SSSR count). The number of thiophene rings is 1. The number of benzene rings is 3. The van der Waals surface area contributed by atoms with Gasteiger partial charge < -0.3 is 5.32 Å². The molecular formula is C26H24N2OS. The van der Waals surface area contributed by atoms with Crippen LogP contribution in [0.15, 0.2) is 102 Å². The third-order valence-corrected chi connectivity index (χ3v) is 5.98. The first-order chi connectivity index (χ1) is 14.7. The van der Waals surface area contributed by atoms with Gasteiger partial charge in [0.05, 0.1) is 12.1 Å². The van der Waals surface area contributed by atoms with Gasteiger partial charge in [0.15, 0.2) is 0 Å². The summed E-state index contributed by atoms with van der Waals surface area (Å²) >= 11 is 1.69. The van der Waals surface area contributed by atoms with E-state index in [1.54, 1.807) is 11.3 Å². The van der Waals surface area contributed by atoms with Gasteiger partial charge in [-0.15, -0.1) is 11.3 Å². The Morgan fingerprint density at radius 3 is 2.17 bits per heavy atom. The van der Waals surface area contributed by atoms with Crippen LogP contribution >= 0.6 is 11.3 Å². The lowest BCUT2D eigenvalue weighted by Crippen LogP contribution is -2.40. The molecule has 30 heavy (non-hydrogen) atoms. The number of para-hydroxylation sites is 1. The molecule has 2 atom stereocenters. The first kappa shape index (κ1) is 20.1. The first-order valence-electron chi connectivity index (χ1n) is 10.0. The normalized spacial score (nSPS) is 12.8. The van der Waals surface area contributed by atoms with Crippen molar-refractivity contribution in [2.75, 3.05) is 5.32 Å². The molecule has 1 heterocycles. The van der Waals surface area contributed by atoms with Crippen LogP contribution in [0.1, 0.15) is 23.4 Å². The summed E-state index contributed by atoms with van der Waals surface area (Å²) in [5, 5.41) is 8.69. The van der Waals surface area contributed by atoms with Crippen molar-refractivity contribution < 1.29 is 4.79 Å². The molecule has 3 nitrogen and oxygen atoms in total. The van der Waals surface area contributed by atoms with Crippen LogP contribution in [0.25, 0.3) is 11.1 Å². The van der Waals surface area contributed by atoms with Crippen LogP contribution in [0.4, 0.5) is 5.69 Å². The van der Waals surface area contributed by atoms with E-state index in [0.717, 1.165) is 22.4 Å². The van der Waals surface area contributed by atoms with Crippen molar-refractivity contribution in [3.63, 3.8) is 0 Å². The van der Waals surface area contributed by atoms with Gasteiger partial charge in [-0.3, -0.25) is 10.1 Å². The molecule has 0 unspecified atom stereocenters. The summed E-state index contributed by atoms with van der Waals surface area (Å²) < 4.78 is 0. The van der Waals surface area contributed by atoms with Gasteiger partial charge in [0.1, 0.15) is 0 Å². The maximum atomic E-state index is 13.1. The van der Waals surface area contributed by atoms with E-state index in [0.29, 0.717) is 0 Å². The standard InChI is InChI=1S/C26H24N2OS/c1-19(27-25(24-17-10-18-30-24)21-13-6-3-7-14-21)26(29)28-23-16-9-8-15-22(23)20-11-4-2-5-12-20/h2-19,25,27H,1H3,(H,28,29)/t19-,25-/m0/s1. The number of nitrogens with one attached hydrogen (secondary N) is 2. The van der Waals surface area contributed by atoms with Gasteiger partial charge >= 0.3 is 0 Å². The van der Waals surface area contributed by atoms with Gasteiger partial charge in [-0.25, -0.2) is 0 Å². The number of anilines is 1. The number of rotatable bonds is 7. The molecule has 3 aromatic carbocycles. The van der Waals surface area contributed by atoms with E-state index < -0.39 is 0 Å². The second-order valence-corrected chi connectivity index (χ2v) is 8.13. The Labute approximate surface area is 181 Å². The Hall–Kier alpha value is -3.21. The molecular weight excluding hydrogens is 388 g/mol. The largest absolute Gasteiger partial charge is 0.324 e. The summed E-state index contributed by atoms with van der Waals surface area (Å²) in [5.74, 6) is -0.0594. The molecule has 150 valence electrons. The average molecular weight is 413 g/mol. The Kier molecular flexibility index (Phi) is 6.38. The highest BCUT2D eigenvalue weighted by atomic mass is 32.1. The molecule has 1 aromatic heterocycles. The molecule has 4 aromatic rings. The summed E-state index contributed by atoms with van der Waals surface area (Å²) in [4.78, 5) is 14.2. The van der Waals surface area contributed by atoms with Gasteiger partial charge in [0, 0.05) is 16.1 Å². The Bertz CT molecular complexity index is 1080. The summed E-state index contributed by atoms with van der Waals surface area (Å²) in [7, 11) is 0. The molecule has 0 aliphatic carbocycles. The summed E-state index contributed by atoms with van der Waals surface area (Å²) in [6.07, 6.45) is 0. The Morgan fingerprint density at radius 1 is 0.800 bits per heavy atom. The molecule has 2 N–H and O–H groups in total. The van der Waals surface area contributed by atoms with Crippen molar-refractivity contribution in [2.45, 2.75) is 19.0 Å². The lowest BCUT2D eigenvalue weighted by molar-refractivity contribution is -0.117. The minimum absolute atomic E-state index is 0.0312. The fraction of sp³-hybridized carbons (Fsp3) is 0.115. The summed E-state index contributed by atoms with van der Waals surface area (Å²) in [6, 6.07) is 32.0. The van der Waals surface area contributed by atoms with Crippen LogP contribution in [0.5, 0.6) is 0 Å². The van der Waals surface area contributed by atoms with Gasteiger partial charge in [0.2, 0.25) is 5.91 Å². The van der Waals surface area contributed by atoms with Crippen LogP contribution < -0.4 is 10.6 Å². The maximum Gasteiger partial charge on any atom is 0.241 e. The van der Waals surface area contributed by atoms with E-state index in [2.05, 4.69) is 46.3 Å². The van der Waals surface area contributed by atoms with E-state index in [4.69, 9.17) is 0 Å². The first-order valence-corrected chi connectivity index (χ1v) is 10.9. The molecule has 1 amide bonds. The highest BCUT2D eigenvalue weighted by molar-refractivity contribution is 7.10. The van der Waals surface area contributed by atoms with Crippen molar-refractivity contribution in [3.8, 4) is 11.1 Å². The van der Waals surface area contributed by atoms with Crippen LogP contribution in [0, 0.1) is 0 Å². The van der Waals surface area contributed by atoms with Crippen molar-refractivity contribution in [3.05, 3.63) is 113 Å². The minimum atomic E-state index is -0.374. The molecule has 0 saturated carbocycles. The average Bonchev–Trinajstić information content (AvgIpc) is 3.33. The third-order valence-electron chi connectivity index (χ3n) is 5.04. The van der Waals surface area contributed by atoms with Crippen molar-refractivity contribution in [1.82, 2.24) is 5.32 Å². The van der Waals surface area contributed by atoms with E-state index in [9.17, 15) is 4.79 Å². The quantitative estimate of drug-likeness (QED) is 0.384. The predicted molar refractivity (Wildman–Crippen MR) is 126 cm³/mol. The van der Waals surface area contributed by atoms with E-state index in [1.807, 2.05) is 73.7 Å². The lowest BCUT2D eigenvalue weighted by Gasteiger charge is -2.23. The SMILES string of the molecule is C[C@H](N[C@@H](c1ccccc1)c1cccs1)C(=O)Nc1ccccc1-c1ccccc1. The second-order valence-electron chi connectivity index (χ2n) is 7.15. The molecule has 0 bridgehead atoms. The van der Waals surface area contributed by atoms with Gasteiger partial charge in [-0.1, -0.05) is 84.9 Å². The molecule has 0 aliphatic rings. The summed E-state index contributed by atoms with van der Waals surface area (Å²) in [6.45, 7) is 1.91.